The van der Waals surface area contributed by atoms with Crippen LogP contribution < -0.4 is 0 Å². The number of hydrogen-bond donors (Lipinski definition) is 1. The maximum atomic E-state index is 10.8. The summed E-state index contributed by atoms with van der Waals surface area (Å²) in [5.74, 6) is -1.01. The van der Waals surface area contributed by atoms with Crippen LogP contribution >= 0.6 is 11.6 Å². The number of hydrogen-bond acceptors (Lipinski definition) is 3. The second-order valence-electron chi connectivity index (χ2n) is 2.80. The zero-order valence-corrected chi connectivity index (χ0v) is 7.99. The number of rotatable bonds is 1. The van der Waals surface area contributed by atoms with Crippen molar-refractivity contribution < 1.29 is 9.90 Å². The summed E-state index contributed by atoms with van der Waals surface area (Å²) in [6.07, 6.45) is 1.30. The van der Waals surface area contributed by atoms with Crippen LogP contribution in [0.25, 0.3) is 11.0 Å². The predicted octanol–water partition coefficient (Wildman–Crippen LogP) is 0.671. The van der Waals surface area contributed by atoms with E-state index in [0.29, 0.717) is 11.0 Å². The first-order valence-corrected chi connectivity index (χ1v) is 4.18. The first-order valence-electron chi connectivity index (χ1n) is 3.80. The van der Waals surface area contributed by atoms with Crippen LogP contribution in [0.4, 0.5) is 0 Å². The second kappa shape index (κ2) is 4.23. The number of aromatic nitrogens is 3. The number of aryl methyl sites for hydroxylation is 1. The van der Waals surface area contributed by atoms with Crippen LogP contribution in [0.3, 0.4) is 0 Å². The van der Waals surface area contributed by atoms with Crippen LogP contribution in [-0.4, -0.2) is 44.5 Å². The van der Waals surface area contributed by atoms with Gasteiger partial charge in [-0.05, 0) is 6.07 Å². The molecule has 0 saturated heterocycles. The standard InChI is InChI=1S/C8H6ClN3O2.Li.H/c1-12-5(8(13)14)2-4-6(9)10-3-11-7(4)12;;/h2-3H,1H3,(H,13,14);;. The molecular weight excluding hydrogens is 213 g/mol. The van der Waals surface area contributed by atoms with Gasteiger partial charge in [-0.3, -0.25) is 0 Å². The molecule has 2 aromatic heterocycles. The van der Waals surface area contributed by atoms with Crippen molar-refractivity contribution >= 4 is 47.5 Å². The molecule has 0 radical (unpaired) electrons. The normalized spacial score (nSPS) is 10.0. The third-order valence-electron chi connectivity index (χ3n) is 1.99. The molecule has 0 atom stereocenters. The molecule has 0 aromatic carbocycles. The topological polar surface area (TPSA) is 68.0 Å². The number of halogens is 1. The number of carboxylic acids is 1. The van der Waals surface area contributed by atoms with E-state index >= 15 is 0 Å². The molecule has 2 rings (SSSR count). The molecule has 1 N–H and O–H groups in total. The molecule has 74 valence electrons. The molecule has 15 heavy (non-hydrogen) atoms. The molecule has 0 aliphatic rings. The van der Waals surface area contributed by atoms with Gasteiger partial charge in [0.1, 0.15) is 22.8 Å². The summed E-state index contributed by atoms with van der Waals surface area (Å²) >= 11 is 5.79. The van der Waals surface area contributed by atoms with Gasteiger partial charge in [0.15, 0.2) is 0 Å². The fourth-order valence-corrected chi connectivity index (χ4v) is 1.49. The van der Waals surface area contributed by atoms with Crippen LogP contribution in [0.2, 0.25) is 5.15 Å². The van der Waals surface area contributed by atoms with Gasteiger partial charge < -0.3 is 9.67 Å². The Morgan fingerprint density at radius 1 is 1.53 bits per heavy atom. The van der Waals surface area contributed by atoms with Crippen molar-refractivity contribution in [1.82, 2.24) is 14.5 Å². The average Bonchev–Trinajstić information content (AvgIpc) is 2.46. The van der Waals surface area contributed by atoms with Gasteiger partial charge in [0.05, 0.1) is 5.39 Å². The van der Waals surface area contributed by atoms with Crippen molar-refractivity contribution in [1.29, 1.82) is 0 Å². The molecular formula is C8H7ClLiN3O2. The van der Waals surface area contributed by atoms with Crippen molar-refractivity contribution in [2.45, 2.75) is 0 Å². The third-order valence-corrected chi connectivity index (χ3v) is 2.29. The Morgan fingerprint density at radius 2 is 2.20 bits per heavy atom. The van der Waals surface area contributed by atoms with Crippen molar-refractivity contribution in [3.05, 3.63) is 23.2 Å². The molecule has 2 aromatic rings. The third kappa shape index (κ3) is 1.86. The minimum atomic E-state index is -1.01. The zero-order chi connectivity index (χ0) is 10.3. The SMILES string of the molecule is Cn1c(C(=O)O)cc2c(Cl)ncnc21.[LiH]. The number of nitrogens with zero attached hydrogens (tertiary/aromatic N) is 3. The summed E-state index contributed by atoms with van der Waals surface area (Å²) in [5.41, 5.74) is 0.657. The van der Waals surface area contributed by atoms with Gasteiger partial charge in [-0.15, -0.1) is 0 Å². The van der Waals surface area contributed by atoms with Gasteiger partial charge in [-0.25, -0.2) is 14.8 Å². The number of fused-ring (bicyclic) bond motifs is 1. The summed E-state index contributed by atoms with van der Waals surface area (Å²) in [5, 5.41) is 9.66. The Kier molecular flexibility index (Phi) is 3.40. The van der Waals surface area contributed by atoms with E-state index in [1.165, 1.54) is 17.0 Å². The number of carbonyl (C=O) groups is 1. The van der Waals surface area contributed by atoms with Crippen LogP contribution in [0.15, 0.2) is 12.4 Å². The Balaban J connectivity index is 0.00000112. The van der Waals surface area contributed by atoms with Gasteiger partial charge in [-0.1, -0.05) is 11.6 Å². The molecule has 0 unspecified atom stereocenters. The molecule has 0 spiro atoms. The van der Waals surface area contributed by atoms with Crippen LogP contribution in [-0.2, 0) is 7.05 Å². The Hall–Kier alpha value is -1.02. The van der Waals surface area contributed by atoms with E-state index in [4.69, 9.17) is 16.7 Å². The van der Waals surface area contributed by atoms with Crippen LogP contribution in [0.1, 0.15) is 10.5 Å². The summed E-state index contributed by atoms with van der Waals surface area (Å²) in [4.78, 5) is 18.5. The van der Waals surface area contributed by atoms with Crippen LogP contribution in [0.5, 0.6) is 0 Å². The van der Waals surface area contributed by atoms with Gasteiger partial charge in [0.2, 0.25) is 0 Å². The molecule has 0 amide bonds. The van der Waals surface area contributed by atoms with Gasteiger partial charge in [0.25, 0.3) is 0 Å². The molecule has 5 nitrogen and oxygen atoms in total. The van der Waals surface area contributed by atoms with Gasteiger partial charge in [0, 0.05) is 7.05 Å². The van der Waals surface area contributed by atoms with E-state index in [9.17, 15) is 4.79 Å². The molecule has 0 aliphatic carbocycles. The molecule has 0 aliphatic heterocycles. The van der Waals surface area contributed by atoms with E-state index in [-0.39, 0.29) is 29.7 Å². The van der Waals surface area contributed by atoms with E-state index in [2.05, 4.69) is 9.97 Å². The van der Waals surface area contributed by atoms with Crippen molar-refractivity contribution in [3.8, 4) is 0 Å². The first-order chi connectivity index (χ1) is 6.61. The first kappa shape index (κ1) is 12.0. The van der Waals surface area contributed by atoms with E-state index < -0.39 is 5.97 Å². The average molecular weight is 220 g/mol. The Morgan fingerprint density at radius 3 is 2.73 bits per heavy atom. The van der Waals surface area contributed by atoms with E-state index in [0.717, 1.165) is 0 Å². The molecule has 0 fully saturated rings. The molecule has 7 heteroatoms. The van der Waals surface area contributed by atoms with Crippen molar-refractivity contribution in [3.63, 3.8) is 0 Å². The predicted molar refractivity (Wildman–Crippen MR) is 57.6 cm³/mol. The van der Waals surface area contributed by atoms with Crippen LogP contribution in [0, 0.1) is 0 Å². The second-order valence-corrected chi connectivity index (χ2v) is 3.15. The fraction of sp³-hybridized carbons (Fsp3) is 0.125. The molecule has 2 heterocycles. The van der Waals surface area contributed by atoms with Gasteiger partial charge >= 0.3 is 24.8 Å². The quantitative estimate of drug-likeness (QED) is 0.566. The molecule has 0 saturated carbocycles. The van der Waals surface area contributed by atoms with E-state index in [1.54, 1.807) is 7.05 Å². The zero-order valence-electron chi connectivity index (χ0n) is 7.23. The number of carboxylic acid groups (broad SMARTS) is 1. The fourth-order valence-electron chi connectivity index (χ4n) is 1.31. The monoisotopic (exact) mass is 219 g/mol. The Labute approximate surface area is 102 Å². The van der Waals surface area contributed by atoms with Crippen molar-refractivity contribution in [2.75, 3.05) is 0 Å². The Bertz CT molecular complexity index is 526. The summed E-state index contributed by atoms with van der Waals surface area (Å²) in [6.45, 7) is 0. The van der Waals surface area contributed by atoms with E-state index in [1.807, 2.05) is 0 Å². The minimum absolute atomic E-state index is 0. The van der Waals surface area contributed by atoms with Gasteiger partial charge in [-0.2, -0.15) is 0 Å². The summed E-state index contributed by atoms with van der Waals surface area (Å²) in [7, 11) is 1.62. The molecule has 0 bridgehead atoms. The number of aromatic carboxylic acids is 1. The summed E-state index contributed by atoms with van der Waals surface area (Å²) in [6, 6.07) is 1.46. The van der Waals surface area contributed by atoms with Crippen molar-refractivity contribution in [2.24, 2.45) is 7.05 Å². The summed E-state index contributed by atoms with van der Waals surface area (Å²) < 4.78 is 1.46. The maximum absolute atomic E-state index is 10.8.